The van der Waals surface area contributed by atoms with Crippen LogP contribution in [0.25, 0.3) is 17.0 Å². The molecule has 0 saturated heterocycles. The molecular formula is C21H19NO2. The summed E-state index contributed by atoms with van der Waals surface area (Å²) in [6, 6.07) is 18.7. The third-order valence-electron chi connectivity index (χ3n) is 4.08. The van der Waals surface area contributed by atoms with E-state index in [-0.39, 0.29) is 0 Å². The quantitative estimate of drug-likeness (QED) is 0.549. The van der Waals surface area contributed by atoms with E-state index < -0.39 is 5.97 Å². The molecule has 0 radical (unpaired) electrons. The average molecular weight is 317 g/mol. The summed E-state index contributed by atoms with van der Waals surface area (Å²) in [4.78, 5) is 10.6. The maximum absolute atomic E-state index is 10.6. The van der Waals surface area contributed by atoms with E-state index in [9.17, 15) is 4.79 Å². The first-order chi connectivity index (χ1) is 11.7. The number of benzene rings is 2. The van der Waals surface area contributed by atoms with Crippen LogP contribution in [0.5, 0.6) is 0 Å². The molecule has 0 atom stereocenters. The fourth-order valence-corrected chi connectivity index (χ4v) is 2.93. The first-order valence-electron chi connectivity index (χ1n) is 7.86. The summed E-state index contributed by atoms with van der Waals surface area (Å²) in [6.45, 7) is 2.91. The van der Waals surface area contributed by atoms with Crippen molar-refractivity contribution in [2.45, 2.75) is 13.5 Å². The van der Waals surface area contributed by atoms with Gasteiger partial charge in [0.15, 0.2) is 0 Å². The van der Waals surface area contributed by atoms with Gasteiger partial charge in [-0.25, -0.2) is 4.79 Å². The smallest absolute Gasteiger partial charge is 0.328 e. The van der Waals surface area contributed by atoms with Crippen molar-refractivity contribution < 1.29 is 9.90 Å². The van der Waals surface area contributed by atoms with Crippen molar-refractivity contribution in [2.75, 3.05) is 0 Å². The first kappa shape index (κ1) is 15.8. The second kappa shape index (κ2) is 7.01. The van der Waals surface area contributed by atoms with Crippen LogP contribution in [0.1, 0.15) is 16.8 Å². The lowest BCUT2D eigenvalue weighted by Crippen LogP contribution is -2.01. The second-order valence-corrected chi connectivity index (χ2v) is 5.64. The molecule has 1 aromatic heterocycles. The van der Waals surface area contributed by atoms with Gasteiger partial charge >= 0.3 is 5.97 Å². The molecule has 0 spiro atoms. The lowest BCUT2D eigenvalue weighted by atomic mass is 10.1. The van der Waals surface area contributed by atoms with E-state index in [1.807, 2.05) is 36.4 Å². The molecule has 3 aromatic rings. The Kier molecular flexibility index (Phi) is 4.62. The predicted molar refractivity (Wildman–Crippen MR) is 98.0 cm³/mol. The third kappa shape index (κ3) is 3.30. The van der Waals surface area contributed by atoms with Crippen LogP contribution >= 0.6 is 0 Å². The Morgan fingerprint density at radius 1 is 1.04 bits per heavy atom. The molecule has 1 heterocycles. The number of carboxylic acid groups (broad SMARTS) is 1. The lowest BCUT2D eigenvalue weighted by Gasteiger charge is -2.08. The number of carbonyl (C=O) groups is 1. The number of rotatable bonds is 5. The summed E-state index contributed by atoms with van der Waals surface area (Å²) in [5, 5.41) is 9.85. The number of allylic oxidation sites excluding steroid dienone is 2. The van der Waals surface area contributed by atoms with Gasteiger partial charge in [-0.1, -0.05) is 66.8 Å². The molecule has 0 aliphatic carbocycles. The Balaban J connectivity index is 2.04. The number of aromatic nitrogens is 1. The van der Waals surface area contributed by atoms with Gasteiger partial charge in [0, 0.05) is 34.8 Å². The Hall–Kier alpha value is -3.07. The van der Waals surface area contributed by atoms with Crippen LogP contribution in [0.2, 0.25) is 0 Å². The topological polar surface area (TPSA) is 42.2 Å². The number of para-hydroxylation sites is 1. The first-order valence-corrected chi connectivity index (χ1v) is 7.86. The standard InChI is InChI=1S/C21H19NO2/c1-16-18(11-6-8-14-21(23)24)19-12-5-7-13-20(19)22(16)15-17-9-3-2-4-10-17/h2-14H,15H2,1H3,(H,23,24). The number of aliphatic carboxylic acids is 1. The monoisotopic (exact) mass is 317 g/mol. The average Bonchev–Trinajstić information content (AvgIpc) is 2.85. The van der Waals surface area contributed by atoms with Crippen LogP contribution in [-0.2, 0) is 11.3 Å². The molecule has 24 heavy (non-hydrogen) atoms. The minimum absolute atomic E-state index is 0.811. The molecule has 2 aromatic carbocycles. The lowest BCUT2D eigenvalue weighted by molar-refractivity contribution is -0.131. The van der Waals surface area contributed by atoms with Gasteiger partial charge in [0.05, 0.1) is 0 Å². The molecule has 3 heteroatoms. The molecule has 0 aliphatic rings. The van der Waals surface area contributed by atoms with Gasteiger partial charge in [-0.3, -0.25) is 0 Å². The Morgan fingerprint density at radius 2 is 1.75 bits per heavy atom. The number of hydrogen-bond donors (Lipinski definition) is 1. The number of carboxylic acids is 1. The Labute approximate surface area is 141 Å². The normalized spacial score (nSPS) is 11.7. The van der Waals surface area contributed by atoms with Gasteiger partial charge in [0.2, 0.25) is 0 Å². The van der Waals surface area contributed by atoms with Gasteiger partial charge in [-0.05, 0) is 18.6 Å². The summed E-state index contributed by atoms with van der Waals surface area (Å²) in [5.41, 5.74) is 4.72. The highest BCUT2D eigenvalue weighted by Gasteiger charge is 2.11. The van der Waals surface area contributed by atoms with Crippen LogP contribution in [-0.4, -0.2) is 15.6 Å². The van der Waals surface area contributed by atoms with E-state index in [0.717, 1.165) is 18.2 Å². The molecule has 3 nitrogen and oxygen atoms in total. The van der Waals surface area contributed by atoms with Gasteiger partial charge in [0.25, 0.3) is 0 Å². The van der Waals surface area contributed by atoms with Crippen LogP contribution in [0.3, 0.4) is 0 Å². The summed E-state index contributed by atoms with van der Waals surface area (Å²) in [5.74, 6) is -0.942. The number of fused-ring (bicyclic) bond motifs is 1. The Morgan fingerprint density at radius 3 is 2.50 bits per heavy atom. The molecule has 1 N–H and O–H groups in total. The van der Waals surface area contributed by atoms with Crippen molar-refractivity contribution in [1.82, 2.24) is 4.57 Å². The van der Waals surface area contributed by atoms with E-state index in [1.54, 1.807) is 12.2 Å². The van der Waals surface area contributed by atoms with E-state index in [4.69, 9.17) is 5.11 Å². The number of hydrogen-bond acceptors (Lipinski definition) is 1. The maximum Gasteiger partial charge on any atom is 0.328 e. The molecule has 0 aliphatic heterocycles. The van der Waals surface area contributed by atoms with Crippen molar-refractivity contribution in [3.8, 4) is 0 Å². The number of nitrogens with zero attached hydrogens (tertiary/aromatic N) is 1. The zero-order chi connectivity index (χ0) is 16.9. The van der Waals surface area contributed by atoms with Crippen molar-refractivity contribution in [1.29, 1.82) is 0 Å². The summed E-state index contributed by atoms with van der Waals surface area (Å²) in [6.07, 6.45) is 6.43. The van der Waals surface area contributed by atoms with Crippen molar-refractivity contribution in [3.63, 3.8) is 0 Å². The van der Waals surface area contributed by atoms with E-state index in [2.05, 4.69) is 35.8 Å². The van der Waals surface area contributed by atoms with Crippen molar-refractivity contribution in [3.05, 3.63) is 89.6 Å². The summed E-state index contributed by atoms with van der Waals surface area (Å²) in [7, 11) is 0. The van der Waals surface area contributed by atoms with Crippen LogP contribution < -0.4 is 0 Å². The van der Waals surface area contributed by atoms with Gasteiger partial charge in [0.1, 0.15) is 0 Å². The zero-order valence-corrected chi connectivity index (χ0v) is 13.5. The molecule has 0 fully saturated rings. The van der Waals surface area contributed by atoms with Crippen LogP contribution in [0, 0.1) is 6.92 Å². The van der Waals surface area contributed by atoms with E-state index >= 15 is 0 Å². The highest BCUT2D eigenvalue weighted by atomic mass is 16.4. The second-order valence-electron chi connectivity index (χ2n) is 5.64. The summed E-state index contributed by atoms with van der Waals surface area (Å²) < 4.78 is 2.30. The SMILES string of the molecule is Cc1c(C=CC=CC(=O)O)c2ccccc2n1Cc1ccccc1. The molecule has 0 unspecified atom stereocenters. The van der Waals surface area contributed by atoms with Gasteiger partial charge in [-0.2, -0.15) is 0 Å². The van der Waals surface area contributed by atoms with E-state index in [1.165, 1.54) is 22.2 Å². The largest absolute Gasteiger partial charge is 0.478 e. The molecule has 120 valence electrons. The van der Waals surface area contributed by atoms with Crippen LogP contribution in [0.4, 0.5) is 0 Å². The van der Waals surface area contributed by atoms with Gasteiger partial charge < -0.3 is 9.67 Å². The zero-order valence-electron chi connectivity index (χ0n) is 13.5. The van der Waals surface area contributed by atoms with Crippen molar-refractivity contribution in [2.24, 2.45) is 0 Å². The fraction of sp³-hybridized carbons (Fsp3) is 0.0952. The predicted octanol–water partition coefficient (Wildman–Crippen LogP) is 4.65. The van der Waals surface area contributed by atoms with E-state index in [0.29, 0.717) is 0 Å². The highest BCUT2D eigenvalue weighted by Crippen LogP contribution is 2.27. The molecule has 3 rings (SSSR count). The maximum atomic E-state index is 10.6. The van der Waals surface area contributed by atoms with Gasteiger partial charge in [-0.15, -0.1) is 0 Å². The summed E-state index contributed by atoms with van der Waals surface area (Å²) >= 11 is 0. The molecular weight excluding hydrogens is 298 g/mol. The molecule has 0 amide bonds. The van der Waals surface area contributed by atoms with Crippen molar-refractivity contribution >= 4 is 22.9 Å². The highest BCUT2D eigenvalue weighted by molar-refractivity contribution is 5.91. The van der Waals surface area contributed by atoms with Crippen LogP contribution in [0.15, 0.2) is 72.8 Å². The minimum Gasteiger partial charge on any atom is -0.478 e. The fourth-order valence-electron chi connectivity index (χ4n) is 2.93. The Bertz CT molecular complexity index is 918. The molecule has 0 saturated carbocycles. The molecule has 0 bridgehead atoms. The third-order valence-corrected chi connectivity index (χ3v) is 4.08. The minimum atomic E-state index is -0.942.